The highest BCUT2D eigenvalue weighted by Crippen LogP contribution is 2.30. The fourth-order valence-corrected chi connectivity index (χ4v) is 1.69. The second-order valence-corrected chi connectivity index (χ2v) is 5.07. The van der Waals surface area contributed by atoms with Crippen LogP contribution in [-0.2, 0) is 21.4 Å². The predicted molar refractivity (Wildman–Crippen MR) is 70.8 cm³/mol. The van der Waals surface area contributed by atoms with Gasteiger partial charge in [0.25, 0.3) is 0 Å². The molecule has 0 bridgehead atoms. The van der Waals surface area contributed by atoms with Crippen molar-refractivity contribution in [3.63, 3.8) is 0 Å². The summed E-state index contributed by atoms with van der Waals surface area (Å²) in [6.07, 6.45) is 2.16. The summed E-state index contributed by atoms with van der Waals surface area (Å²) in [5.74, 6) is 0.164. The van der Waals surface area contributed by atoms with Crippen molar-refractivity contribution in [1.82, 2.24) is 0 Å². The highest BCUT2D eigenvalue weighted by atomic mass is 16.5. The molecule has 1 aromatic carbocycles. The van der Waals surface area contributed by atoms with E-state index in [0.29, 0.717) is 12.2 Å². The first-order valence-electron chi connectivity index (χ1n) is 6.15. The van der Waals surface area contributed by atoms with Crippen LogP contribution in [0.1, 0.15) is 45.2 Å². The van der Waals surface area contributed by atoms with E-state index in [9.17, 15) is 9.59 Å². The van der Waals surface area contributed by atoms with Gasteiger partial charge in [-0.1, -0.05) is 26.8 Å². The molecule has 3 heteroatoms. The van der Waals surface area contributed by atoms with Gasteiger partial charge in [0, 0.05) is 13.3 Å². The Hall–Kier alpha value is -1.64. The fourth-order valence-electron chi connectivity index (χ4n) is 1.69. The van der Waals surface area contributed by atoms with Crippen LogP contribution in [0.15, 0.2) is 18.2 Å². The second kappa shape index (κ2) is 5.80. The van der Waals surface area contributed by atoms with Crippen LogP contribution in [0, 0.1) is 0 Å². The van der Waals surface area contributed by atoms with E-state index in [2.05, 4.69) is 20.8 Å². The van der Waals surface area contributed by atoms with Crippen LogP contribution in [0.5, 0.6) is 5.75 Å². The molecule has 0 aliphatic carbocycles. The van der Waals surface area contributed by atoms with Crippen molar-refractivity contribution in [2.24, 2.45) is 0 Å². The average molecular weight is 248 g/mol. The molecule has 0 radical (unpaired) electrons. The lowest BCUT2D eigenvalue weighted by Gasteiger charge is -2.24. The highest BCUT2D eigenvalue weighted by Gasteiger charge is 2.19. The highest BCUT2D eigenvalue weighted by molar-refractivity contribution is 5.69. The predicted octanol–water partition coefficient (Wildman–Crippen LogP) is 3.04. The quantitative estimate of drug-likeness (QED) is 0.457. The van der Waals surface area contributed by atoms with Gasteiger partial charge in [0.15, 0.2) is 0 Å². The number of hydrogen-bond donors (Lipinski definition) is 0. The Kier molecular flexibility index (Phi) is 4.65. The summed E-state index contributed by atoms with van der Waals surface area (Å²) in [7, 11) is 0. The van der Waals surface area contributed by atoms with E-state index < -0.39 is 0 Å². The van der Waals surface area contributed by atoms with Crippen molar-refractivity contribution < 1.29 is 14.3 Å². The summed E-state index contributed by atoms with van der Waals surface area (Å²) in [4.78, 5) is 21.7. The average Bonchev–Trinajstić information content (AvgIpc) is 2.28. The smallest absolute Gasteiger partial charge is 0.308 e. The van der Waals surface area contributed by atoms with Crippen molar-refractivity contribution >= 4 is 12.3 Å². The van der Waals surface area contributed by atoms with Crippen LogP contribution in [0.3, 0.4) is 0 Å². The molecule has 0 spiro atoms. The molecule has 0 atom stereocenters. The lowest BCUT2D eigenvalue weighted by Crippen LogP contribution is -2.16. The van der Waals surface area contributed by atoms with Crippen molar-refractivity contribution in [2.45, 2.75) is 46.0 Å². The molecular formula is C15H20O3. The van der Waals surface area contributed by atoms with Gasteiger partial charge in [0.2, 0.25) is 0 Å². The van der Waals surface area contributed by atoms with Crippen molar-refractivity contribution in [1.29, 1.82) is 0 Å². The maximum absolute atomic E-state index is 11.0. The normalized spacial score (nSPS) is 11.1. The van der Waals surface area contributed by atoms with Gasteiger partial charge in [-0.15, -0.1) is 0 Å². The van der Waals surface area contributed by atoms with Gasteiger partial charge in [-0.05, 0) is 35.1 Å². The fraction of sp³-hybridized carbons (Fsp3) is 0.467. The van der Waals surface area contributed by atoms with Gasteiger partial charge in [0.05, 0.1) is 0 Å². The van der Waals surface area contributed by atoms with Gasteiger partial charge >= 0.3 is 5.97 Å². The van der Waals surface area contributed by atoms with Crippen LogP contribution in [0.25, 0.3) is 0 Å². The molecule has 18 heavy (non-hydrogen) atoms. The van der Waals surface area contributed by atoms with Crippen LogP contribution in [-0.4, -0.2) is 12.3 Å². The molecule has 98 valence electrons. The first kappa shape index (κ1) is 14.4. The van der Waals surface area contributed by atoms with Crippen LogP contribution >= 0.6 is 0 Å². The van der Waals surface area contributed by atoms with Crippen molar-refractivity contribution in [3.05, 3.63) is 29.3 Å². The number of carbonyl (C=O) groups is 2. The Morgan fingerprint density at radius 2 is 2.00 bits per heavy atom. The number of esters is 1. The molecule has 0 fully saturated rings. The molecule has 0 aliphatic rings. The van der Waals surface area contributed by atoms with Crippen LogP contribution in [0.2, 0.25) is 0 Å². The third-order valence-corrected chi connectivity index (χ3v) is 3.21. The Morgan fingerprint density at radius 3 is 2.50 bits per heavy atom. The van der Waals surface area contributed by atoms with Gasteiger partial charge in [0.1, 0.15) is 12.0 Å². The summed E-state index contributed by atoms with van der Waals surface area (Å²) in [5, 5.41) is 0. The molecule has 0 N–H and O–H groups in total. The molecule has 0 saturated heterocycles. The molecule has 0 aromatic heterocycles. The van der Waals surface area contributed by atoms with Gasteiger partial charge < -0.3 is 9.53 Å². The third-order valence-electron chi connectivity index (χ3n) is 3.21. The van der Waals surface area contributed by atoms with Gasteiger partial charge in [-0.2, -0.15) is 0 Å². The first-order valence-corrected chi connectivity index (χ1v) is 6.15. The van der Waals surface area contributed by atoms with E-state index in [-0.39, 0.29) is 11.4 Å². The summed E-state index contributed by atoms with van der Waals surface area (Å²) in [6.45, 7) is 7.74. The Morgan fingerprint density at radius 1 is 1.33 bits per heavy atom. The lowest BCUT2D eigenvalue weighted by molar-refractivity contribution is -0.131. The molecule has 0 aliphatic heterocycles. The van der Waals surface area contributed by atoms with Crippen molar-refractivity contribution in [2.75, 3.05) is 0 Å². The maximum Gasteiger partial charge on any atom is 0.308 e. The summed E-state index contributed by atoms with van der Waals surface area (Å²) in [6, 6.07) is 5.62. The van der Waals surface area contributed by atoms with E-state index in [1.165, 1.54) is 6.92 Å². The van der Waals surface area contributed by atoms with E-state index >= 15 is 0 Å². The first-order chi connectivity index (χ1) is 8.39. The molecule has 0 saturated carbocycles. The number of hydrogen-bond acceptors (Lipinski definition) is 3. The van der Waals surface area contributed by atoms with E-state index in [0.717, 1.165) is 23.8 Å². The Bertz CT molecular complexity index is 447. The zero-order valence-electron chi connectivity index (χ0n) is 11.4. The standard InChI is InChI=1S/C15H20O3/c1-5-15(3,4)13-8-12(6-7-16)9-14(10-13)18-11(2)17/h7-10H,5-6H2,1-4H3. The summed E-state index contributed by atoms with van der Waals surface area (Å²) >= 11 is 0. The van der Waals surface area contributed by atoms with Gasteiger partial charge in [-0.25, -0.2) is 0 Å². The van der Waals surface area contributed by atoms with Crippen molar-refractivity contribution in [3.8, 4) is 5.75 Å². The number of rotatable bonds is 5. The minimum atomic E-state index is -0.349. The SMILES string of the molecule is CCC(C)(C)c1cc(CC=O)cc(OC(C)=O)c1. The van der Waals surface area contributed by atoms with Gasteiger partial charge in [-0.3, -0.25) is 4.79 Å². The summed E-state index contributed by atoms with van der Waals surface area (Å²) < 4.78 is 5.13. The zero-order valence-corrected chi connectivity index (χ0v) is 11.4. The lowest BCUT2D eigenvalue weighted by atomic mass is 9.81. The molecule has 0 unspecified atom stereocenters. The number of benzene rings is 1. The molecule has 0 amide bonds. The van der Waals surface area contributed by atoms with Crippen LogP contribution < -0.4 is 4.74 Å². The molecule has 0 heterocycles. The maximum atomic E-state index is 11.0. The van der Waals surface area contributed by atoms with E-state index in [1.54, 1.807) is 6.07 Å². The minimum Gasteiger partial charge on any atom is -0.427 e. The second-order valence-electron chi connectivity index (χ2n) is 5.07. The zero-order chi connectivity index (χ0) is 13.8. The number of aldehydes is 1. The minimum absolute atomic E-state index is 0.00616. The molecular weight excluding hydrogens is 228 g/mol. The molecule has 1 rings (SSSR count). The third kappa shape index (κ3) is 3.69. The molecule has 1 aromatic rings. The Balaban J connectivity index is 3.21. The number of carbonyl (C=O) groups excluding carboxylic acids is 2. The summed E-state index contributed by atoms with van der Waals surface area (Å²) in [5.41, 5.74) is 1.95. The monoisotopic (exact) mass is 248 g/mol. The number of ether oxygens (including phenoxy) is 1. The topological polar surface area (TPSA) is 43.4 Å². The van der Waals surface area contributed by atoms with E-state index in [1.807, 2.05) is 12.1 Å². The largest absolute Gasteiger partial charge is 0.427 e. The van der Waals surface area contributed by atoms with E-state index in [4.69, 9.17) is 4.74 Å². The molecule has 3 nitrogen and oxygen atoms in total. The Labute approximate surface area is 108 Å². The van der Waals surface area contributed by atoms with Crippen LogP contribution in [0.4, 0.5) is 0 Å².